The first-order chi connectivity index (χ1) is 7.79. The number of fused-ring (bicyclic) bond motifs is 1. The third-order valence-electron chi connectivity index (χ3n) is 2.19. The summed E-state index contributed by atoms with van der Waals surface area (Å²) in [4.78, 5) is 12.4. The fourth-order valence-electron chi connectivity index (χ4n) is 1.26. The van der Waals surface area contributed by atoms with Gasteiger partial charge in [0.1, 0.15) is 0 Å². The van der Waals surface area contributed by atoms with Crippen LogP contribution < -0.4 is 0 Å². The lowest BCUT2D eigenvalue weighted by atomic mass is 10.2. The fraction of sp³-hybridized carbons (Fsp3) is 0.154. The van der Waals surface area contributed by atoms with Crippen molar-refractivity contribution in [3.8, 4) is 11.8 Å². The average molecular weight is 209 g/mol. The Hall–Kier alpha value is -2.21. The van der Waals surface area contributed by atoms with E-state index in [-0.39, 0.29) is 0 Å². The molecule has 0 aliphatic rings. The van der Waals surface area contributed by atoms with Gasteiger partial charge in [-0.15, -0.1) is 0 Å². The molecule has 0 aliphatic heterocycles. The Bertz CT molecular complexity index is 603. The molecule has 0 unspecified atom stereocenters. The Morgan fingerprint density at radius 3 is 2.69 bits per heavy atom. The van der Waals surface area contributed by atoms with Crippen molar-refractivity contribution in [2.45, 2.75) is 6.92 Å². The van der Waals surface area contributed by atoms with Crippen LogP contribution in [0.1, 0.15) is 12.5 Å². The molecular formula is C13H11N3. The molecule has 16 heavy (non-hydrogen) atoms. The quantitative estimate of drug-likeness (QED) is 0.492. The third kappa shape index (κ3) is 2.23. The molecule has 0 N–H and O–H groups in total. The number of rotatable bonds is 0. The number of hydrogen-bond acceptors (Lipinski definition) is 3. The standard InChI is InChI=1S/C13H11N3/c1-10(14-2)3-4-11-5-6-12-13(9-11)16-8-7-15-12/h5-9H,1-2H3. The molecule has 0 bridgehead atoms. The van der Waals surface area contributed by atoms with Gasteiger partial charge in [0.05, 0.1) is 16.7 Å². The van der Waals surface area contributed by atoms with E-state index in [1.807, 2.05) is 25.1 Å². The van der Waals surface area contributed by atoms with Crippen LogP contribution in [0.15, 0.2) is 35.6 Å². The summed E-state index contributed by atoms with van der Waals surface area (Å²) in [6.07, 6.45) is 3.36. The van der Waals surface area contributed by atoms with Crippen molar-refractivity contribution in [2.75, 3.05) is 7.05 Å². The zero-order valence-corrected chi connectivity index (χ0v) is 9.23. The van der Waals surface area contributed by atoms with Crippen molar-refractivity contribution in [1.82, 2.24) is 9.97 Å². The van der Waals surface area contributed by atoms with Gasteiger partial charge in [0.2, 0.25) is 0 Å². The molecule has 0 saturated carbocycles. The first kappa shape index (κ1) is 10.3. The third-order valence-corrected chi connectivity index (χ3v) is 2.19. The maximum atomic E-state index is 4.23. The van der Waals surface area contributed by atoms with Crippen molar-refractivity contribution < 1.29 is 0 Å². The minimum absolute atomic E-state index is 0.819. The highest BCUT2D eigenvalue weighted by Crippen LogP contribution is 2.09. The van der Waals surface area contributed by atoms with Gasteiger partial charge in [-0.2, -0.15) is 0 Å². The van der Waals surface area contributed by atoms with Crippen molar-refractivity contribution in [2.24, 2.45) is 4.99 Å². The lowest BCUT2D eigenvalue weighted by molar-refractivity contribution is 1.29. The highest BCUT2D eigenvalue weighted by molar-refractivity contribution is 5.98. The molecule has 3 heteroatoms. The van der Waals surface area contributed by atoms with Crippen LogP contribution in [0.3, 0.4) is 0 Å². The lowest BCUT2D eigenvalue weighted by Gasteiger charge is -1.95. The Morgan fingerprint density at radius 1 is 1.19 bits per heavy atom. The zero-order chi connectivity index (χ0) is 11.4. The summed E-state index contributed by atoms with van der Waals surface area (Å²) in [5.41, 5.74) is 3.49. The average Bonchev–Trinajstić information content (AvgIpc) is 2.35. The zero-order valence-electron chi connectivity index (χ0n) is 9.23. The minimum atomic E-state index is 0.819. The Balaban J connectivity index is 2.43. The van der Waals surface area contributed by atoms with Crippen molar-refractivity contribution in [3.63, 3.8) is 0 Å². The molecule has 78 valence electrons. The molecule has 0 atom stereocenters. The molecule has 2 rings (SSSR count). The summed E-state index contributed by atoms with van der Waals surface area (Å²) in [6, 6.07) is 5.79. The number of aliphatic imine (C=N–C) groups is 1. The van der Waals surface area contributed by atoms with E-state index in [1.54, 1.807) is 19.4 Å². The highest BCUT2D eigenvalue weighted by atomic mass is 14.8. The van der Waals surface area contributed by atoms with Crippen LogP contribution >= 0.6 is 0 Å². The molecule has 1 aromatic carbocycles. The van der Waals surface area contributed by atoms with E-state index in [0.717, 1.165) is 22.3 Å². The van der Waals surface area contributed by atoms with Crippen LogP contribution in [0, 0.1) is 11.8 Å². The van der Waals surface area contributed by atoms with Crippen LogP contribution in [-0.4, -0.2) is 22.7 Å². The van der Waals surface area contributed by atoms with Gasteiger partial charge in [-0.1, -0.05) is 5.92 Å². The molecule has 2 aromatic rings. The van der Waals surface area contributed by atoms with Crippen LogP contribution in [0.25, 0.3) is 11.0 Å². The smallest absolute Gasteiger partial charge is 0.0899 e. The van der Waals surface area contributed by atoms with Crippen molar-refractivity contribution in [3.05, 3.63) is 36.2 Å². The summed E-state index contributed by atoms with van der Waals surface area (Å²) in [5, 5.41) is 0. The topological polar surface area (TPSA) is 38.1 Å². The van der Waals surface area contributed by atoms with E-state index in [1.165, 1.54) is 0 Å². The van der Waals surface area contributed by atoms with Gasteiger partial charge in [0.25, 0.3) is 0 Å². The van der Waals surface area contributed by atoms with Gasteiger partial charge in [-0.25, -0.2) is 0 Å². The first-order valence-electron chi connectivity index (χ1n) is 4.96. The number of benzene rings is 1. The van der Waals surface area contributed by atoms with E-state index in [0.29, 0.717) is 0 Å². The van der Waals surface area contributed by atoms with Crippen LogP contribution in [0.2, 0.25) is 0 Å². The Morgan fingerprint density at radius 2 is 1.94 bits per heavy atom. The lowest BCUT2D eigenvalue weighted by Crippen LogP contribution is -1.86. The SMILES string of the molecule is CN=C(C)C#Cc1ccc2nccnc2c1. The monoisotopic (exact) mass is 209 g/mol. The van der Waals surface area contributed by atoms with Gasteiger partial charge in [-0.3, -0.25) is 15.0 Å². The number of hydrogen-bond donors (Lipinski definition) is 0. The molecule has 1 heterocycles. The molecule has 0 radical (unpaired) electrons. The summed E-state index contributed by atoms with van der Waals surface area (Å²) in [7, 11) is 1.73. The predicted molar refractivity (Wildman–Crippen MR) is 65.4 cm³/mol. The maximum Gasteiger partial charge on any atom is 0.0899 e. The van der Waals surface area contributed by atoms with E-state index in [2.05, 4.69) is 26.8 Å². The van der Waals surface area contributed by atoms with Gasteiger partial charge in [-0.05, 0) is 31.0 Å². The van der Waals surface area contributed by atoms with Crippen LogP contribution in [0.4, 0.5) is 0 Å². The fourth-order valence-corrected chi connectivity index (χ4v) is 1.26. The van der Waals surface area contributed by atoms with E-state index < -0.39 is 0 Å². The van der Waals surface area contributed by atoms with Crippen molar-refractivity contribution >= 4 is 16.7 Å². The highest BCUT2D eigenvalue weighted by Gasteiger charge is 1.95. The second kappa shape index (κ2) is 4.54. The van der Waals surface area contributed by atoms with Gasteiger partial charge in [0.15, 0.2) is 0 Å². The van der Waals surface area contributed by atoms with Gasteiger partial charge < -0.3 is 0 Å². The number of aromatic nitrogens is 2. The maximum absolute atomic E-state index is 4.23. The summed E-state index contributed by atoms with van der Waals surface area (Å²) in [6.45, 7) is 1.88. The normalized spacial score (nSPS) is 11.0. The van der Waals surface area contributed by atoms with E-state index in [9.17, 15) is 0 Å². The predicted octanol–water partition coefficient (Wildman–Crippen LogP) is 2.07. The second-order valence-electron chi connectivity index (χ2n) is 3.32. The molecule has 0 spiro atoms. The second-order valence-corrected chi connectivity index (χ2v) is 3.32. The molecule has 1 aromatic heterocycles. The van der Waals surface area contributed by atoms with Gasteiger partial charge in [0, 0.05) is 25.0 Å². The molecule has 0 fully saturated rings. The summed E-state index contributed by atoms with van der Waals surface area (Å²) >= 11 is 0. The molecule has 0 amide bonds. The summed E-state index contributed by atoms with van der Waals surface area (Å²) < 4.78 is 0. The summed E-state index contributed by atoms with van der Waals surface area (Å²) in [5.74, 6) is 6.00. The number of nitrogens with zero attached hydrogens (tertiary/aromatic N) is 3. The minimum Gasteiger partial charge on any atom is -0.284 e. The molecule has 0 saturated heterocycles. The molecular weight excluding hydrogens is 198 g/mol. The molecule has 0 aliphatic carbocycles. The first-order valence-corrected chi connectivity index (χ1v) is 4.96. The van der Waals surface area contributed by atoms with Gasteiger partial charge >= 0.3 is 0 Å². The van der Waals surface area contributed by atoms with Crippen LogP contribution in [-0.2, 0) is 0 Å². The van der Waals surface area contributed by atoms with E-state index >= 15 is 0 Å². The Labute approximate surface area is 94.3 Å². The Kier molecular flexibility index (Phi) is 2.93. The van der Waals surface area contributed by atoms with E-state index in [4.69, 9.17) is 0 Å². The largest absolute Gasteiger partial charge is 0.284 e. The van der Waals surface area contributed by atoms with Crippen molar-refractivity contribution in [1.29, 1.82) is 0 Å². The molecule has 3 nitrogen and oxygen atoms in total. The van der Waals surface area contributed by atoms with Crippen LogP contribution in [0.5, 0.6) is 0 Å².